The maximum Gasteiger partial charge on any atom is 0.239 e. The highest BCUT2D eigenvalue weighted by atomic mass is 19.1. The molecule has 5 nitrogen and oxygen atoms in total. The molecule has 0 unspecified atom stereocenters. The summed E-state index contributed by atoms with van der Waals surface area (Å²) in [5, 5.41) is 5.53. The lowest BCUT2D eigenvalue weighted by atomic mass is 9.69. The van der Waals surface area contributed by atoms with Crippen LogP contribution in [0.25, 0.3) is 0 Å². The summed E-state index contributed by atoms with van der Waals surface area (Å²) in [5.74, 6) is -0.794. The second-order valence-electron chi connectivity index (χ2n) is 7.61. The first kappa shape index (κ1) is 20.4. The summed E-state index contributed by atoms with van der Waals surface area (Å²) >= 11 is 0. The monoisotopic (exact) mass is 363 g/mol. The second-order valence-corrected chi connectivity index (χ2v) is 7.61. The Hall–Kier alpha value is -1.95. The van der Waals surface area contributed by atoms with E-state index < -0.39 is 6.04 Å². The summed E-state index contributed by atoms with van der Waals surface area (Å²) in [6.07, 6.45) is 5.29. The Kier molecular flexibility index (Phi) is 7.14. The highest BCUT2D eigenvalue weighted by molar-refractivity contribution is 5.87. The Morgan fingerprint density at radius 2 is 1.73 bits per heavy atom. The molecular formula is C20H30FN3O2. The second kappa shape index (κ2) is 9.12. The van der Waals surface area contributed by atoms with Gasteiger partial charge in [-0.15, -0.1) is 0 Å². The summed E-state index contributed by atoms with van der Waals surface area (Å²) in [6.45, 7) is 4.13. The highest BCUT2D eigenvalue weighted by Gasteiger charge is 2.34. The molecular weight excluding hydrogens is 333 g/mol. The quantitative estimate of drug-likeness (QED) is 0.695. The van der Waals surface area contributed by atoms with Gasteiger partial charge in [0.2, 0.25) is 11.8 Å². The van der Waals surface area contributed by atoms with Gasteiger partial charge in [0.15, 0.2) is 0 Å². The van der Waals surface area contributed by atoms with E-state index in [0.29, 0.717) is 6.54 Å². The average Bonchev–Trinajstić information content (AvgIpc) is 2.65. The lowest BCUT2D eigenvalue weighted by Gasteiger charge is -2.38. The van der Waals surface area contributed by atoms with Crippen LogP contribution in [-0.2, 0) is 15.0 Å². The van der Waals surface area contributed by atoms with Crippen molar-refractivity contribution >= 4 is 11.8 Å². The van der Waals surface area contributed by atoms with E-state index in [-0.39, 0.29) is 35.5 Å². The molecule has 1 fully saturated rings. The molecule has 1 aliphatic rings. The molecule has 0 aliphatic heterocycles. The molecule has 0 radical (unpaired) electrons. The molecule has 0 spiro atoms. The van der Waals surface area contributed by atoms with Crippen molar-refractivity contribution in [2.45, 2.75) is 57.4 Å². The molecule has 1 aromatic carbocycles. The molecule has 6 heteroatoms. The molecule has 1 aliphatic carbocycles. The van der Waals surface area contributed by atoms with Crippen LogP contribution in [0.5, 0.6) is 0 Å². The van der Waals surface area contributed by atoms with E-state index in [1.54, 1.807) is 0 Å². The van der Waals surface area contributed by atoms with Gasteiger partial charge in [-0.3, -0.25) is 9.59 Å². The van der Waals surface area contributed by atoms with Gasteiger partial charge in [0.25, 0.3) is 0 Å². The van der Waals surface area contributed by atoms with Gasteiger partial charge in [-0.1, -0.05) is 45.2 Å². The number of carbonyl (C=O) groups is 2. The Labute approximate surface area is 154 Å². The molecule has 0 heterocycles. The first-order valence-electron chi connectivity index (χ1n) is 9.40. The van der Waals surface area contributed by atoms with Crippen LogP contribution < -0.4 is 16.4 Å². The van der Waals surface area contributed by atoms with Gasteiger partial charge < -0.3 is 16.4 Å². The minimum Gasteiger partial charge on any atom is -0.354 e. The minimum absolute atomic E-state index is 0.0158. The largest absolute Gasteiger partial charge is 0.354 e. The van der Waals surface area contributed by atoms with Gasteiger partial charge in [-0.25, -0.2) is 4.39 Å². The summed E-state index contributed by atoms with van der Waals surface area (Å²) in [4.78, 5) is 24.0. The molecule has 26 heavy (non-hydrogen) atoms. The number of hydrogen-bond acceptors (Lipinski definition) is 3. The van der Waals surface area contributed by atoms with Crippen molar-refractivity contribution in [3.63, 3.8) is 0 Å². The topological polar surface area (TPSA) is 84.2 Å². The molecule has 2 amide bonds. The standard InChI is InChI=1S/C20H30FN3O2/c1-14(2)18(22)19(26)23-12-17(25)24-13-20(10-4-3-5-11-20)15-6-8-16(21)9-7-15/h6-9,14,18H,3-5,10-13,22H2,1-2H3,(H,23,26)(H,24,25)/t18-/m0/s1. The smallest absolute Gasteiger partial charge is 0.239 e. The molecule has 1 saturated carbocycles. The van der Waals surface area contributed by atoms with Crippen molar-refractivity contribution in [3.05, 3.63) is 35.6 Å². The molecule has 0 aromatic heterocycles. The van der Waals surface area contributed by atoms with E-state index in [2.05, 4.69) is 10.6 Å². The van der Waals surface area contributed by atoms with Gasteiger partial charge in [0.05, 0.1) is 12.6 Å². The first-order chi connectivity index (χ1) is 12.3. The maximum atomic E-state index is 13.3. The summed E-state index contributed by atoms with van der Waals surface area (Å²) in [6, 6.07) is 5.96. The van der Waals surface area contributed by atoms with Gasteiger partial charge >= 0.3 is 0 Å². The lowest BCUT2D eigenvalue weighted by Crippen LogP contribution is -2.49. The Morgan fingerprint density at radius 1 is 1.12 bits per heavy atom. The lowest BCUT2D eigenvalue weighted by molar-refractivity contribution is -0.127. The van der Waals surface area contributed by atoms with Crippen molar-refractivity contribution in [3.8, 4) is 0 Å². The number of carbonyl (C=O) groups excluding carboxylic acids is 2. The Bertz CT molecular complexity index is 610. The van der Waals surface area contributed by atoms with E-state index in [9.17, 15) is 14.0 Å². The number of halogens is 1. The fraction of sp³-hybridized carbons (Fsp3) is 0.600. The number of benzene rings is 1. The predicted molar refractivity (Wildman–Crippen MR) is 100.0 cm³/mol. The number of amides is 2. The van der Waals surface area contributed by atoms with Crippen LogP contribution >= 0.6 is 0 Å². The van der Waals surface area contributed by atoms with Crippen molar-refractivity contribution in [1.29, 1.82) is 0 Å². The molecule has 144 valence electrons. The fourth-order valence-corrected chi connectivity index (χ4v) is 3.52. The Balaban J connectivity index is 1.94. The van der Waals surface area contributed by atoms with E-state index >= 15 is 0 Å². The van der Waals surface area contributed by atoms with Crippen molar-refractivity contribution in [2.24, 2.45) is 11.7 Å². The Morgan fingerprint density at radius 3 is 2.31 bits per heavy atom. The third-order valence-electron chi connectivity index (χ3n) is 5.34. The van der Waals surface area contributed by atoms with Gasteiger partial charge in [-0.2, -0.15) is 0 Å². The van der Waals surface area contributed by atoms with Crippen LogP contribution in [0.2, 0.25) is 0 Å². The van der Waals surface area contributed by atoms with Crippen molar-refractivity contribution in [2.75, 3.05) is 13.1 Å². The number of rotatable bonds is 7. The molecule has 2 rings (SSSR count). The van der Waals surface area contributed by atoms with E-state index in [4.69, 9.17) is 5.73 Å². The van der Waals surface area contributed by atoms with Crippen LogP contribution in [0.15, 0.2) is 24.3 Å². The van der Waals surface area contributed by atoms with Gasteiger partial charge in [0, 0.05) is 12.0 Å². The van der Waals surface area contributed by atoms with Crippen LogP contribution in [0.1, 0.15) is 51.5 Å². The third-order valence-corrected chi connectivity index (χ3v) is 5.34. The van der Waals surface area contributed by atoms with Crippen molar-refractivity contribution < 1.29 is 14.0 Å². The SMILES string of the molecule is CC(C)[C@H](N)C(=O)NCC(=O)NCC1(c2ccc(F)cc2)CCCCC1. The predicted octanol–water partition coefficient (Wildman–Crippen LogP) is 2.24. The van der Waals surface area contributed by atoms with Gasteiger partial charge in [-0.05, 0) is 36.5 Å². The summed E-state index contributed by atoms with van der Waals surface area (Å²) in [5.41, 5.74) is 6.67. The van der Waals surface area contributed by atoms with Crippen LogP contribution in [0, 0.1) is 11.7 Å². The van der Waals surface area contributed by atoms with E-state index in [1.807, 2.05) is 26.0 Å². The summed E-state index contributed by atoms with van der Waals surface area (Å²) < 4.78 is 13.3. The van der Waals surface area contributed by atoms with E-state index in [0.717, 1.165) is 31.2 Å². The highest BCUT2D eigenvalue weighted by Crippen LogP contribution is 2.39. The zero-order valence-corrected chi connectivity index (χ0v) is 15.7. The molecule has 0 bridgehead atoms. The van der Waals surface area contributed by atoms with Crippen LogP contribution in [0.3, 0.4) is 0 Å². The fourth-order valence-electron chi connectivity index (χ4n) is 3.52. The molecule has 1 aromatic rings. The molecule has 1 atom stereocenters. The minimum atomic E-state index is -0.619. The molecule has 0 saturated heterocycles. The van der Waals surface area contributed by atoms with Crippen LogP contribution in [-0.4, -0.2) is 30.9 Å². The average molecular weight is 363 g/mol. The maximum absolute atomic E-state index is 13.3. The number of nitrogens with one attached hydrogen (secondary N) is 2. The van der Waals surface area contributed by atoms with E-state index in [1.165, 1.54) is 18.6 Å². The molecule has 4 N–H and O–H groups in total. The first-order valence-corrected chi connectivity index (χ1v) is 9.40. The van der Waals surface area contributed by atoms with Crippen molar-refractivity contribution in [1.82, 2.24) is 10.6 Å². The number of nitrogens with two attached hydrogens (primary N) is 1. The van der Waals surface area contributed by atoms with Crippen LogP contribution in [0.4, 0.5) is 4.39 Å². The zero-order chi connectivity index (χ0) is 19.2. The third kappa shape index (κ3) is 5.27. The number of hydrogen-bond donors (Lipinski definition) is 3. The van der Waals surface area contributed by atoms with Gasteiger partial charge in [0.1, 0.15) is 5.82 Å². The zero-order valence-electron chi connectivity index (χ0n) is 15.7. The summed E-state index contributed by atoms with van der Waals surface area (Å²) in [7, 11) is 0. The normalized spacial score (nSPS) is 17.6.